The van der Waals surface area contributed by atoms with Crippen molar-refractivity contribution >= 4 is 23.2 Å². The molecule has 7 heteroatoms. The number of rotatable bonds is 7. The lowest BCUT2D eigenvalue weighted by Gasteiger charge is -2.18. The van der Waals surface area contributed by atoms with Gasteiger partial charge in [0, 0.05) is 37.2 Å². The lowest BCUT2D eigenvalue weighted by atomic mass is 10.1. The van der Waals surface area contributed by atoms with Crippen molar-refractivity contribution in [1.29, 1.82) is 0 Å². The molecule has 1 amide bonds. The summed E-state index contributed by atoms with van der Waals surface area (Å²) in [7, 11) is 3.25. The summed E-state index contributed by atoms with van der Waals surface area (Å²) in [4.78, 5) is 24.3. The highest BCUT2D eigenvalue weighted by atomic mass is 35.5. The fourth-order valence-corrected chi connectivity index (χ4v) is 2.66. The van der Waals surface area contributed by atoms with E-state index in [1.807, 2.05) is 24.3 Å². The standard InChI is InChI=1S/C18H19ClN2O4/c1-20(12-14-11-15(21(23)24)8-9-16(14)19)18(22)10-7-13-5-3-4-6-17(13)25-2/h3-6,8-9,11H,7,10,12H2,1-2H3. The number of halogens is 1. The van der Waals surface area contributed by atoms with E-state index in [1.165, 1.54) is 23.1 Å². The van der Waals surface area contributed by atoms with Gasteiger partial charge in [-0.2, -0.15) is 0 Å². The number of hydrogen-bond donors (Lipinski definition) is 0. The molecule has 0 aliphatic carbocycles. The molecule has 0 atom stereocenters. The summed E-state index contributed by atoms with van der Waals surface area (Å²) in [6.45, 7) is 0.214. The predicted octanol–water partition coefficient (Wildman–Crippen LogP) is 3.85. The van der Waals surface area contributed by atoms with Crippen LogP contribution in [0.4, 0.5) is 5.69 Å². The lowest BCUT2D eigenvalue weighted by molar-refractivity contribution is -0.384. The van der Waals surface area contributed by atoms with Crippen molar-refractivity contribution in [3.63, 3.8) is 0 Å². The molecule has 25 heavy (non-hydrogen) atoms. The van der Waals surface area contributed by atoms with Crippen molar-refractivity contribution in [1.82, 2.24) is 4.90 Å². The van der Waals surface area contributed by atoms with Crippen molar-refractivity contribution in [2.75, 3.05) is 14.2 Å². The number of amides is 1. The fourth-order valence-electron chi connectivity index (χ4n) is 2.48. The van der Waals surface area contributed by atoms with Crippen LogP contribution >= 0.6 is 11.6 Å². The van der Waals surface area contributed by atoms with Crippen LogP contribution in [0.25, 0.3) is 0 Å². The van der Waals surface area contributed by atoms with Gasteiger partial charge in [-0.15, -0.1) is 0 Å². The third-order valence-electron chi connectivity index (χ3n) is 3.87. The summed E-state index contributed by atoms with van der Waals surface area (Å²) in [6, 6.07) is 11.8. The van der Waals surface area contributed by atoms with Crippen molar-refractivity contribution in [3.8, 4) is 5.75 Å². The second-order valence-electron chi connectivity index (χ2n) is 5.59. The van der Waals surface area contributed by atoms with E-state index in [2.05, 4.69) is 0 Å². The summed E-state index contributed by atoms with van der Waals surface area (Å²) in [5.74, 6) is 0.674. The number of aryl methyl sites for hydroxylation is 1. The van der Waals surface area contributed by atoms with E-state index in [0.29, 0.717) is 23.4 Å². The van der Waals surface area contributed by atoms with Gasteiger partial charge < -0.3 is 9.64 Å². The number of nitrogens with zero attached hydrogens (tertiary/aromatic N) is 2. The van der Waals surface area contributed by atoms with Crippen LogP contribution in [-0.2, 0) is 17.8 Å². The Kier molecular flexibility index (Phi) is 6.36. The maximum absolute atomic E-state index is 12.4. The number of methoxy groups -OCH3 is 1. The average Bonchev–Trinajstić information content (AvgIpc) is 2.61. The molecule has 0 spiro atoms. The molecule has 6 nitrogen and oxygen atoms in total. The quantitative estimate of drug-likeness (QED) is 0.554. The molecule has 2 aromatic carbocycles. The lowest BCUT2D eigenvalue weighted by Crippen LogP contribution is -2.26. The smallest absolute Gasteiger partial charge is 0.269 e. The fraction of sp³-hybridized carbons (Fsp3) is 0.278. The van der Waals surface area contributed by atoms with Gasteiger partial charge in [0.15, 0.2) is 0 Å². The minimum absolute atomic E-state index is 0.0470. The Morgan fingerprint density at radius 2 is 1.96 bits per heavy atom. The van der Waals surface area contributed by atoms with Crippen molar-refractivity contribution in [2.45, 2.75) is 19.4 Å². The normalized spacial score (nSPS) is 10.4. The number of hydrogen-bond acceptors (Lipinski definition) is 4. The van der Waals surface area contributed by atoms with E-state index in [4.69, 9.17) is 16.3 Å². The first-order chi connectivity index (χ1) is 11.9. The molecule has 0 radical (unpaired) electrons. The highest BCUT2D eigenvalue weighted by Gasteiger charge is 2.15. The zero-order chi connectivity index (χ0) is 18.4. The van der Waals surface area contributed by atoms with Crippen LogP contribution in [0.3, 0.4) is 0 Å². The zero-order valence-corrected chi connectivity index (χ0v) is 14.8. The molecule has 0 fully saturated rings. The number of ether oxygens (including phenoxy) is 1. The van der Waals surface area contributed by atoms with Crippen LogP contribution in [0, 0.1) is 10.1 Å². The number of non-ortho nitro benzene ring substituents is 1. The van der Waals surface area contributed by atoms with Crippen LogP contribution < -0.4 is 4.74 Å². The second kappa shape index (κ2) is 8.48. The summed E-state index contributed by atoms with van der Waals surface area (Å²) >= 11 is 6.09. The number of benzene rings is 2. The van der Waals surface area contributed by atoms with Crippen LogP contribution in [0.1, 0.15) is 17.5 Å². The average molecular weight is 363 g/mol. The van der Waals surface area contributed by atoms with E-state index in [1.54, 1.807) is 14.2 Å². The number of carbonyl (C=O) groups excluding carboxylic acids is 1. The van der Waals surface area contributed by atoms with Crippen LogP contribution in [-0.4, -0.2) is 29.9 Å². The highest BCUT2D eigenvalue weighted by molar-refractivity contribution is 6.31. The number of nitro benzene ring substituents is 1. The first kappa shape index (κ1) is 18.7. The van der Waals surface area contributed by atoms with E-state index in [0.717, 1.165) is 11.3 Å². The van der Waals surface area contributed by atoms with Gasteiger partial charge in [0.1, 0.15) is 5.75 Å². The van der Waals surface area contributed by atoms with Gasteiger partial charge in [-0.05, 0) is 29.7 Å². The van der Waals surface area contributed by atoms with Crippen LogP contribution in [0.15, 0.2) is 42.5 Å². The number of carbonyl (C=O) groups is 1. The Bertz CT molecular complexity index is 779. The summed E-state index contributed by atoms with van der Waals surface area (Å²) in [5, 5.41) is 11.3. The Hall–Kier alpha value is -2.60. The van der Waals surface area contributed by atoms with Gasteiger partial charge in [-0.3, -0.25) is 14.9 Å². The zero-order valence-electron chi connectivity index (χ0n) is 14.1. The second-order valence-corrected chi connectivity index (χ2v) is 6.00. The molecule has 2 rings (SSSR count). The molecule has 0 N–H and O–H groups in total. The molecule has 0 aromatic heterocycles. The summed E-state index contributed by atoms with van der Waals surface area (Å²) in [6.07, 6.45) is 0.860. The predicted molar refractivity (Wildman–Crippen MR) is 95.9 cm³/mol. The molecule has 0 saturated heterocycles. The maximum Gasteiger partial charge on any atom is 0.269 e. The van der Waals surface area contributed by atoms with Crippen molar-refractivity contribution < 1.29 is 14.5 Å². The highest BCUT2D eigenvalue weighted by Crippen LogP contribution is 2.24. The van der Waals surface area contributed by atoms with Crippen LogP contribution in [0.2, 0.25) is 5.02 Å². The molecular formula is C18H19ClN2O4. The minimum atomic E-state index is -0.483. The number of nitro groups is 1. The summed E-state index contributed by atoms with van der Waals surface area (Å²) in [5.41, 5.74) is 1.46. The molecule has 0 bridgehead atoms. The van der Waals surface area contributed by atoms with E-state index in [-0.39, 0.29) is 18.1 Å². The van der Waals surface area contributed by atoms with Crippen molar-refractivity contribution in [2.24, 2.45) is 0 Å². The monoisotopic (exact) mass is 362 g/mol. The number of para-hydroxylation sites is 1. The van der Waals surface area contributed by atoms with Gasteiger partial charge in [-0.25, -0.2) is 0 Å². The minimum Gasteiger partial charge on any atom is -0.496 e. The first-order valence-corrected chi connectivity index (χ1v) is 8.09. The molecule has 0 saturated carbocycles. The molecule has 0 heterocycles. The first-order valence-electron chi connectivity index (χ1n) is 7.71. The molecule has 0 aliphatic heterocycles. The molecular weight excluding hydrogens is 344 g/mol. The molecule has 0 aliphatic rings. The molecule has 132 valence electrons. The topological polar surface area (TPSA) is 72.7 Å². The van der Waals surface area contributed by atoms with Gasteiger partial charge in [-0.1, -0.05) is 29.8 Å². The summed E-state index contributed by atoms with van der Waals surface area (Å²) < 4.78 is 5.28. The van der Waals surface area contributed by atoms with Gasteiger partial charge in [0.2, 0.25) is 5.91 Å². The van der Waals surface area contributed by atoms with E-state index < -0.39 is 4.92 Å². The van der Waals surface area contributed by atoms with Gasteiger partial charge >= 0.3 is 0 Å². The maximum atomic E-state index is 12.4. The Morgan fingerprint density at radius 3 is 2.64 bits per heavy atom. The van der Waals surface area contributed by atoms with Gasteiger partial charge in [0.25, 0.3) is 5.69 Å². The molecule has 0 unspecified atom stereocenters. The molecule has 2 aromatic rings. The Labute approximate surface area is 151 Å². The van der Waals surface area contributed by atoms with Crippen molar-refractivity contribution in [3.05, 3.63) is 68.7 Å². The Morgan fingerprint density at radius 1 is 1.24 bits per heavy atom. The van der Waals surface area contributed by atoms with E-state index >= 15 is 0 Å². The third kappa shape index (κ3) is 4.93. The van der Waals surface area contributed by atoms with Gasteiger partial charge in [0.05, 0.1) is 12.0 Å². The van der Waals surface area contributed by atoms with Crippen LogP contribution in [0.5, 0.6) is 5.75 Å². The largest absolute Gasteiger partial charge is 0.496 e. The SMILES string of the molecule is COc1ccccc1CCC(=O)N(C)Cc1cc([N+](=O)[O-])ccc1Cl. The third-order valence-corrected chi connectivity index (χ3v) is 4.24. The van der Waals surface area contributed by atoms with E-state index in [9.17, 15) is 14.9 Å². The Balaban J connectivity index is 2.01.